The summed E-state index contributed by atoms with van der Waals surface area (Å²) in [4.78, 5) is 4.26. The second-order valence-corrected chi connectivity index (χ2v) is 4.51. The lowest BCUT2D eigenvalue weighted by atomic mass is 10.0. The molecule has 5 heteroatoms. The maximum absolute atomic E-state index is 6.01. The molecule has 0 saturated heterocycles. The van der Waals surface area contributed by atoms with Crippen LogP contribution >= 0.6 is 11.6 Å². The van der Waals surface area contributed by atoms with Crippen LogP contribution in [0.1, 0.15) is 5.69 Å². The molecule has 90 valence electrons. The highest BCUT2D eigenvalue weighted by Gasteiger charge is 2.14. The predicted molar refractivity (Wildman–Crippen MR) is 71.4 cm³/mol. The fourth-order valence-corrected chi connectivity index (χ4v) is 2.17. The summed E-state index contributed by atoms with van der Waals surface area (Å²) in [6.07, 6.45) is 0. The number of hydrogen-bond donors (Lipinski definition) is 1. The highest BCUT2D eigenvalue weighted by Crippen LogP contribution is 2.33. The Labute approximate surface area is 108 Å². The summed E-state index contributed by atoms with van der Waals surface area (Å²) in [6.45, 7) is 1.90. The van der Waals surface area contributed by atoms with Crippen LogP contribution in [0, 0.1) is 6.92 Å². The molecule has 0 aliphatic rings. The van der Waals surface area contributed by atoms with E-state index in [2.05, 4.69) is 10.1 Å². The SMILES string of the molecule is Cc1cc(-c2cccc(Cl)c2)c2c(N)noc2n1. The van der Waals surface area contributed by atoms with Gasteiger partial charge in [-0.2, -0.15) is 0 Å². The predicted octanol–water partition coefficient (Wildman–Crippen LogP) is 3.43. The van der Waals surface area contributed by atoms with Gasteiger partial charge < -0.3 is 10.3 Å². The van der Waals surface area contributed by atoms with Crippen molar-refractivity contribution in [1.29, 1.82) is 0 Å². The Hall–Kier alpha value is -2.07. The first-order chi connectivity index (χ1) is 8.65. The molecular formula is C13H10ClN3O. The first-order valence-electron chi connectivity index (χ1n) is 5.43. The number of aryl methyl sites for hydroxylation is 1. The van der Waals surface area contributed by atoms with Crippen molar-refractivity contribution in [3.8, 4) is 11.1 Å². The van der Waals surface area contributed by atoms with E-state index in [4.69, 9.17) is 21.9 Å². The van der Waals surface area contributed by atoms with Crippen molar-refractivity contribution in [2.45, 2.75) is 6.92 Å². The van der Waals surface area contributed by atoms with Crippen molar-refractivity contribution in [2.75, 3.05) is 5.73 Å². The van der Waals surface area contributed by atoms with Crippen molar-refractivity contribution in [3.05, 3.63) is 41.0 Å². The van der Waals surface area contributed by atoms with E-state index in [1.54, 1.807) is 0 Å². The molecule has 2 aromatic heterocycles. The van der Waals surface area contributed by atoms with Gasteiger partial charge in [-0.1, -0.05) is 28.9 Å². The van der Waals surface area contributed by atoms with Crippen LogP contribution in [-0.4, -0.2) is 10.1 Å². The molecule has 0 amide bonds. The standard InChI is InChI=1S/C13H10ClN3O/c1-7-5-10(8-3-2-4-9(14)6-8)11-12(15)17-18-13(11)16-7/h2-6H,1H3,(H2,15,17). The zero-order valence-electron chi connectivity index (χ0n) is 9.64. The van der Waals surface area contributed by atoms with Gasteiger partial charge in [0.15, 0.2) is 5.82 Å². The summed E-state index contributed by atoms with van der Waals surface area (Å²) in [5.74, 6) is 0.340. The van der Waals surface area contributed by atoms with Gasteiger partial charge in [-0.3, -0.25) is 0 Å². The Morgan fingerprint density at radius 3 is 2.89 bits per heavy atom. The second-order valence-electron chi connectivity index (χ2n) is 4.07. The minimum absolute atomic E-state index is 0.340. The molecule has 0 unspecified atom stereocenters. The van der Waals surface area contributed by atoms with E-state index in [1.165, 1.54) is 0 Å². The van der Waals surface area contributed by atoms with Gasteiger partial charge >= 0.3 is 0 Å². The fourth-order valence-electron chi connectivity index (χ4n) is 1.98. The van der Waals surface area contributed by atoms with Crippen molar-refractivity contribution in [3.63, 3.8) is 0 Å². The van der Waals surface area contributed by atoms with Gasteiger partial charge in [0.2, 0.25) is 0 Å². The minimum Gasteiger partial charge on any atom is -0.380 e. The van der Waals surface area contributed by atoms with E-state index in [1.807, 2.05) is 37.3 Å². The van der Waals surface area contributed by atoms with Crippen LogP contribution in [0.2, 0.25) is 5.02 Å². The molecule has 2 N–H and O–H groups in total. The molecule has 0 aliphatic heterocycles. The summed E-state index contributed by atoms with van der Waals surface area (Å²) in [5.41, 5.74) is 9.01. The number of rotatable bonds is 1. The van der Waals surface area contributed by atoms with Crippen LogP contribution in [-0.2, 0) is 0 Å². The molecular weight excluding hydrogens is 250 g/mol. The maximum Gasteiger partial charge on any atom is 0.260 e. The van der Waals surface area contributed by atoms with Gasteiger partial charge in [0.1, 0.15) is 0 Å². The Kier molecular flexibility index (Phi) is 2.45. The van der Waals surface area contributed by atoms with E-state index >= 15 is 0 Å². The van der Waals surface area contributed by atoms with Gasteiger partial charge in [0.05, 0.1) is 5.39 Å². The number of fused-ring (bicyclic) bond motifs is 1. The van der Waals surface area contributed by atoms with Crippen LogP contribution < -0.4 is 5.73 Å². The maximum atomic E-state index is 6.01. The third kappa shape index (κ3) is 1.71. The Balaban J connectivity index is 2.37. The highest BCUT2D eigenvalue weighted by molar-refractivity contribution is 6.30. The second kappa shape index (κ2) is 3.99. The molecule has 0 atom stereocenters. The van der Waals surface area contributed by atoms with Crippen molar-refractivity contribution in [2.24, 2.45) is 0 Å². The molecule has 0 bridgehead atoms. The van der Waals surface area contributed by atoms with Gasteiger partial charge in [0, 0.05) is 16.3 Å². The molecule has 3 rings (SSSR count). The normalized spacial score (nSPS) is 11.0. The van der Waals surface area contributed by atoms with Crippen LogP contribution in [0.15, 0.2) is 34.9 Å². The number of nitrogens with zero attached hydrogens (tertiary/aromatic N) is 2. The van der Waals surface area contributed by atoms with E-state index in [0.29, 0.717) is 16.6 Å². The van der Waals surface area contributed by atoms with Crippen LogP contribution in [0.4, 0.5) is 5.82 Å². The van der Waals surface area contributed by atoms with Crippen LogP contribution in [0.5, 0.6) is 0 Å². The summed E-state index contributed by atoms with van der Waals surface area (Å²) < 4.78 is 5.10. The number of nitrogens with two attached hydrogens (primary N) is 1. The van der Waals surface area contributed by atoms with Gasteiger partial charge in [-0.15, -0.1) is 0 Å². The molecule has 0 radical (unpaired) electrons. The van der Waals surface area contributed by atoms with Crippen molar-refractivity contribution < 1.29 is 4.52 Å². The smallest absolute Gasteiger partial charge is 0.260 e. The number of pyridine rings is 1. The molecule has 4 nitrogen and oxygen atoms in total. The van der Waals surface area contributed by atoms with Crippen molar-refractivity contribution in [1.82, 2.24) is 10.1 Å². The molecule has 1 aromatic carbocycles. The molecule has 0 saturated carbocycles. The monoisotopic (exact) mass is 259 g/mol. The first kappa shape index (κ1) is 11.0. The summed E-state index contributed by atoms with van der Waals surface area (Å²) in [6, 6.07) is 9.51. The number of benzene rings is 1. The van der Waals surface area contributed by atoms with E-state index in [9.17, 15) is 0 Å². The Bertz CT molecular complexity index is 736. The number of halogens is 1. The third-order valence-corrected chi connectivity index (χ3v) is 2.97. The third-order valence-electron chi connectivity index (χ3n) is 2.74. The average Bonchev–Trinajstić information content (AvgIpc) is 2.70. The number of anilines is 1. The summed E-state index contributed by atoms with van der Waals surface area (Å²) in [5, 5.41) is 5.15. The molecule has 2 heterocycles. The molecule has 0 spiro atoms. The van der Waals surface area contributed by atoms with Gasteiger partial charge in [-0.25, -0.2) is 4.98 Å². The average molecular weight is 260 g/mol. The van der Waals surface area contributed by atoms with Crippen LogP contribution in [0.25, 0.3) is 22.2 Å². The zero-order chi connectivity index (χ0) is 12.7. The van der Waals surface area contributed by atoms with E-state index in [-0.39, 0.29) is 0 Å². The highest BCUT2D eigenvalue weighted by atomic mass is 35.5. The zero-order valence-corrected chi connectivity index (χ0v) is 10.4. The van der Waals surface area contributed by atoms with E-state index < -0.39 is 0 Å². The number of nitrogen functional groups attached to an aromatic ring is 1. The molecule has 18 heavy (non-hydrogen) atoms. The fraction of sp³-hybridized carbons (Fsp3) is 0.0769. The Morgan fingerprint density at radius 2 is 2.11 bits per heavy atom. The topological polar surface area (TPSA) is 64.9 Å². The summed E-state index contributed by atoms with van der Waals surface area (Å²) >= 11 is 6.01. The van der Waals surface area contributed by atoms with Crippen molar-refractivity contribution >= 4 is 28.5 Å². The lowest BCUT2D eigenvalue weighted by molar-refractivity contribution is 0.452. The number of aromatic nitrogens is 2. The molecule has 3 aromatic rings. The largest absolute Gasteiger partial charge is 0.380 e. The lowest BCUT2D eigenvalue weighted by Gasteiger charge is -2.04. The van der Waals surface area contributed by atoms with Crippen LogP contribution in [0.3, 0.4) is 0 Å². The first-order valence-corrected chi connectivity index (χ1v) is 5.81. The lowest BCUT2D eigenvalue weighted by Crippen LogP contribution is -1.90. The van der Waals surface area contributed by atoms with E-state index in [0.717, 1.165) is 22.2 Å². The molecule has 0 aliphatic carbocycles. The quantitative estimate of drug-likeness (QED) is 0.727. The van der Waals surface area contributed by atoms with Gasteiger partial charge in [-0.05, 0) is 30.7 Å². The summed E-state index contributed by atoms with van der Waals surface area (Å²) in [7, 11) is 0. The van der Waals surface area contributed by atoms with Gasteiger partial charge in [0.25, 0.3) is 5.71 Å². The number of hydrogen-bond acceptors (Lipinski definition) is 4. The molecule has 0 fully saturated rings. The minimum atomic E-state index is 0.340. The Morgan fingerprint density at radius 1 is 1.28 bits per heavy atom.